The summed E-state index contributed by atoms with van der Waals surface area (Å²) in [6, 6.07) is 3.55. The highest BCUT2D eigenvalue weighted by Gasteiger charge is 2.12. The van der Waals surface area contributed by atoms with E-state index in [1.165, 1.54) is 7.11 Å². The first kappa shape index (κ1) is 13.1. The van der Waals surface area contributed by atoms with Gasteiger partial charge in [0.2, 0.25) is 0 Å². The second kappa shape index (κ2) is 6.60. The van der Waals surface area contributed by atoms with Gasteiger partial charge in [0.25, 0.3) is 0 Å². The summed E-state index contributed by atoms with van der Waals surface area (Å²) in [6.07, 6.45) is 2.03. The third kappa shape index (κ3) is 3.90. The molecule has 1 aromatic heterocycles. The zero-order valence-corrected chi connectivity index (χ0v) is 10.6. The second-order valence-electron chi connectivity index (χ2n) is 3.43. The number of esters is 1. The maximum atomic E-state index is 11.1. The highest BCUT2D eigenvalue weighted by molar-refractivity contribution is 7.97. The summed E-state index contributed by atoms with van der Waals surface area (Å²) in [5.41, 5.74) is 0. The number of hydrogen-bond acceptors (Lipinski definition) is 5. The summed E-state index contributed by atoms with van der Waals surface area (Å²) in [4.78, 5) is 11.1. The highest BCUT2D eigenvalue weighted by atomic mass is 32.2. The molecule has 1 aromatic rings. The van der Waals surface area contributed by atoms with E-state index in [-0.39, 0.29) is 12.0 Å². The Bertz CT molecular complexity index is 338. The smallest absolute Gasteiger partial charge is 0.322 e. The van der Waals surface area contributed by atoms with Crippen LogP contribution in [0.15, 0.2) is 16.5 Å². The van der Waals surface area contributed by atoms with Crippen LogP contribution in [0.25, 0.3) is 0 Å². The van der Waals surface area contributed by atoms with Gasteiger partial charge in [-0.05, 0) is 25.3 Å². The van der Waals surface area contributed by atoms with Crippen LogP contribution < -0.4 is 5.32 Å². The van der Waals surface area contributed by atoms with Crippen molar-refractivity contribution in [3.63, 3.8) is 0 Å². The fourth-order valence-corrected chi connectivity index (χ4v) is 1.69. The number of thioether (sulfide) groups is 1. The Balaban J connectivity index is 2.39. The van der Waals surface area contributed by atoms with Gasteiger partial charge in [0, 0.05) is 0 Å². The number of rotatable bonds is 6. The molecule has 0 aliphatic rings. The van der Waals surface area contributed by atoms with E-state index in [9.17, 15) is 4.79 Å². The number of hydrogen-bond donors (Lipinski definition) is 1. The van der Waals surface area contributed by atoms with E-state index < -0.39 is 0 Å². The molecule has 4 nitrogen and oxygen atoms in total. The van der Waals surface area contributed by atoms with Crippen molar-refractivity contribution >= 4 is 17.7 Å². The van der Waals surface area contributed by atoms with Crippen LogP contribution in [-0.2, 0) is 21.8 Å². The molecule has 1 atom stereocenters. The number of carbonyl (C=O) groups is 1. The zero-order chi connectivity index (χ0) is 12.0. The average Bonchev–Trinajstić information content (AvgIpc) is 2.73. The van der Waals surface area contributed by atoms with Gasteiger partial charge in [0.15, 0.2) is 0 Å². The molecule has 1 unspecified atom stereocenters. The maximum absolute atomic E-state index is 11.1. The van der Waals surface area contributed by atoms with E-state index in [4.69, 9.17) is 4.42 Å². The van der Waals surface area contributed by atoms with Crippen LogP contribution in [0.1, 0.15) is 18.4 Å². The van der Waals surface area contributed by atoms with Gasteiger partial charge < -0.3 is 9.15 Å². The zero-order valence-electron chi connectivity index (χ0n) is 9.78. The average molecular weight is 243 g/mol. The van der Waals surface area contributed by atoms with Gasteiger partial charge in [0.05, 0.1) is 19.4 Å². The van der Waals surface area contributed by atoms with Crippen LogP contribution in [0.4, 0.5) is 0 Å². The molecule has 1 heterocycles. The minimum atomic E-state index is -0.320. The Labute approximate surface area is 99.7 Å². The lowest BCUT2D eigenvalue weighted by molar-refractivity contribution is -0.142. The normalized spacial score (nSPS) is 12.4. The summed E-state index contributed by atoms with van der Waals surface area (Å²) in [7, 11) is 1.38. The molecule has 0 bridgehead atoms. The first-order valence-corrected chi connectivity index (χ1v) is 6.44. The van der Waals surface area contributed by atoms with Gasteiger partial charge >= 0.3 is 5.97 Å². The van der Waals surface area contributed by atoms with Crippen molar-refractivity contribution in [1.29, 1.82) is 0 Å². The minimum absolute atomic E-state index is 0.268. The molecule has 0 spiro atoms. The molecular weight excluding hydrogens is 226 g/mol. The molecule has 0 aliphatic carbocycles. The lowest BCUT2D eigenvalue weighted by Crippen LogP contribution is -2.34. The van der Waals surface area contributed by atoms with Gasteiger partial charge in [0.1, 0.15) is 17.6 Å². The van der Waals surface area contributed by atoms with Gasteiger partial charge in [-0.15, -0.1) is 0 Å². The van der Waals surface area contributed by atoms with E-state index in [0.717, 1.165) is 17.3 Å². The number of nitrogens with one attached hydrogen (secondary N) is 1. The minimum Gasteiger partial charge on any atom is -0.468 e. The molecule has 1 rings (SSSR count). The Kier molecular flexibility index (Phi) is 5.42. The predicted octanol–water partition coefficient (Wildman–Crippen LogP) is 1.79. The summed E-state index contributed by atoms with van der Waals surface area (Å²) >= 11 is 1.71. The summed E-state index contributed by atoms with van der Waals surface area (Å²) in [5, 5.41) is 3.03. The van der Waals surface area contributed by atoms with Crippen LogP contribution in [0.3, 0.4) is 0 Å². The SMILES string of the molecule is COC(=O)C(C)NCc1ccc(CSC)o1. The van der Waals surface area contributed by atoms with E-state index >= 15 is 0 Å². The molecule has 90 valence electrons. The highest BCUT2D eigenvalue weighted by Crippen LogP contribution is 2.13. The number of methoxy groups -OCH3 is 1. The molecule has 1 N–H and O–H groups in total. The number of furan rings is 1. The fraction of sp³-hybridized carbons (Fsp3) is 0.545. The molecule has 0 radical (unpaired) electrons. The van der Waals surface area contributed by atoms with E-state index in [1.54, 1.807) is 18.7 Å². The summed E-state index contributed by atoms with van der Waals surface area (Å²) in [6.45, 7) is 2.29. The fourth-order valence-electron chi connectivity index (χ4n) is 1.25. The summed E-state index contributed by atoms with van der Waals surface area (Å²) in [5.74, 6) is 2.39. The van der Waals surface area contributed by atoms with E-state index in [0.29, 0.717) is 6.54 Å². The first-order chi connectivity index (χ1) is 7.67. The topological polar surface area (TPSA) is 51.5 Å². The predicted molar refractivity (Wildman–Crippen MR) is 64.2 cm³/mol. The monoisotopic (exact) mass is 243 g/mol. The van der Waals surface area contributed by atoms with Crippen LogP contribution in [0.5, 0.6) is 0 Å². The van der Waals surface area contributed by atoms with Crippen molar-refractivity contribution in [3.8, 4) is 0 Å². The molecular formula is C11H17NO3S. The van der Waals surface area contributed by atoms with Crippen LogP contribution in [0.2, 0.25) is 0 Å². The molecule has 0 aromatic carbocycles. The quantitative estimate of drug-likeness (QED) is 0.772. The lowest BCUT2D eigenvalue weighted by Gasteiger charge is -2.09. The van der Waals surface area contributed by atoms with Gasteiger partial charge in [-0.25, -0.2) is 0 Å². The van der Waals surface area contributed by atoms with Crippen molar-refractivity contribution in [2.75, 3.05) is 13.4 Å². The van der Waals surface area contributed by atoms with Gasteiger partial charge in [-0.2, -0.15) is 11.8 Å². The number of ether oxygens (including phenoxy) is 1. The lowest BCUT2D eigenvalue weighted by atomic mass is 10.3. The Morgan fingerprint density at radius 2 is 2.25 bits per heavy atom. The van der Waals surface area contributed by atoms with Gasteiger partial charge in [-0.3, -0.25) is 10.1 Å². The molecule has 0 aliphatic heterocycles. The van der Waals surface area contributed by atoms with Gasteiger partial charge in [-0.1, -0.05) is 0 Å². The molecule has 16 heavy (non-hydrogen) atoms. The third-order valence-electron chi connectivity index (χ3n) is 2.14. The van der Waals surface area contributed by atoms with E-state index in [2.05, 4.69) is 10.1 Å². The Morgan fingerprint density at radius 3 is 2.88 bits per heavy atom. The maximum Gasteiger partial charge on any atom is 0.322 e. The largest absolute Gasteiger partial charge is 0.468 e. The van der Waals surface area contributed by atoms with Crippen LogP contribution in [0, 0.1) is 0 Å². The molecule has 0 amide bonds. The standard InChI is InChI=1S/C11H17NO3S/c1-8(11(13)14-2)12-6-9-4-5-10(15-9)7-16-3/h4-5,8,12H,6-7H2,1-3H3. The third-order valence-corrected chi connectivity index (χ3v) is 2.71. The second-order valence-corrected chi connectivity index (χ2v) is 4.29. The van der Waals surface area contributed by atoms with Crippen molar-refractivity contribution in [2.45, 2.75) is 25.3 Å². The molecule has 0 fully saturated rings. The Hall–Kier alpha value is -0.940. The number of carbonyl (C=O) groups excluding carboxylic acids is 1. The molecule has 5 heteroatoms. The molecule has 0 saturated heterocycles. The van der Waals surface area contributed by atoms with Crippen molar-refractivity contribution in [1.82, 2.24) is 5.32 Å². The van der Waals surface area contributed by atoms with Crippen molar-refractivity contribution in [2.24, 2.45) is 0 Å². The Morgan fingerprint density at radius 1 is 1.56 bits per heavy atom. The van der Waals surface area contributed by atoms with Crippen LogP contribution in [-0.4, -0.2) is 25.4 Å². The van der Waals surface area contributed by atoms with Crippen molar-refractivity contribution in [3.05, 3.63) is 23.7 Å². The molecule has 0 saturated carbocycles. The van der Waals surface area contributed by atoms with Crippen molar-refractivity contribution < 1.29 is 13.9 Å². The summed E-state index contributed by atoms with van der Waals surface area (Å²) < 4.78 is 10.2. The van der Waals surface area contributed by atoms with E-state index in [1.807, 2.05) is 18.4 Å². The first-order valence-electron chi connectivity index (χ1n) is 5.05. The van der Waals surface area contributed by atoms with Crippen LogP contribution >= 0.6 is 11.8 Å².